The van der Waals surface area contributed by atoms with E-state index in [1.807, 2.05) is 0 Å². The molecule has 0 aliphatic rings. The number of nitrogens with one attached hydrogen (secondary N) is 3. The Labute approximate surface area is 117 Å². The fraction of sp³-hybridized carbons (Fsp3) is 0.357. The third kappa shape index (κ3) is 5.51. The van der Waals surface area contributed by atoms with Gasteiger partial charge in [-0.1, -0.05) is 13.0 Å². The number of carbonyl (C=O) groups is 3. The third-order valence-corrected chi connectivity index (χ3v) is 2.50. The summed E-state index contributed by atoms with van der Waals surface area (Å²) >= 11 is 0. The van der Waals surface area contributed by atoms with Gasteiger partial charge in [0, 0.05) is 37.7 Å². The first-order chi connectivity index (χ1) is 9.52. The van der Waals surface area contributed by atoms with Crippen LogP contribution in [0.25, 0.3) is 0 Å². The molecule has 6 nitrogen and oxygen atoms in total. The molecule has 0 saturated carbocycles. The van der Waals surface area contributed by atoms with Gasteiger partial charge in [0.15, 0.2) is 0 Å². The number of rotatable bonds is 6. The van der Waals surface area contributed by atoms with Gasteiger partial charge in [-0.25, -0.2) is 0 Å². The zero-order valence-electron chi connectivity index (χ0n) is 11.7. The average Bonchev–Trinajstić information content (AvgIpc) is 2.42. The molecule has 0 spiro atoms. The smallest absolute Gasteiger partial charge is 0.251 e. The van der Waals surface area contributed by atoms with E-state index in [9.17, 15) is 14.4 Å². The number of benzene rings is 1. The summed E-state index contributed by atoms with van der Waals surface area (Å²) in [6.07, 6.45) is 0.423. The topological polar surface area (TPSA) is 87.3 Å². The molecule has 0 atom stereocenters. The van der Waals surface area contributed by atoms with Crippen LogP contribution >= 0.6 is 0 Å². The van der Waals surface area contributed by atoms with E-state index in [1.165, 1.54) is 6.92 Å². The van der Waals surface area contributed by atoms with Gasteiger partial charge in [0.1, 0.15) is 0 Å². The summed E-state index contributed by atoms with van der Waals surface area (Å²) in [4.78, 5) is 33.8. The molecule has 1 aromatic rings. The fourth-order valence-electron chi connectivity index (χ4n) is 1.55. The van der Waals surface area contributed by atoms with Gasteiger partial charge in [0.05, 0.1) is 0 Å². The molecular formula is C14H19N3O3. The van der Waals surface area contributed by atoms with E-state index in [0.717, 1.165) is 0 Å². The molecule has 3 N–H and O–H groups in total. The van der Waals surface area contributed by atoms with Crippen molar-refractivity contribution >= 4 is 23.4 Å². The summed E-state index contributed by atoms with van der Waals surface area (Å²) in [5, 5.41) is 7.97. The lowest BCUT2D eigenvalue weighted by Crippen LogP contribution is -2.34. The van der Waals surface area contributed by atoms with Crippen molar-refractivity contribution < 1.29 is 14.4 Å². The lowest BCUT2D eigenvalue weighted by molar-refractivity contribution is -0.120. The second kappa shape index (κ2) is 7.93. The molecule has 0 aliphatic heterocycles. The van der Waals surface area contributed by atoms with Crippen LogP contribution in [0.3, 0.4) is 0 Å². The maximum atomic E-state index is 11.9. The van der Waals surface area contributed by atoms with Crippen molar-refractivity contribution in [3.63, 3.8) is 0 Å². The molecule has 0 fully saturated rings. The molecule has 6 heteroatoms. The van der Waals surface area contributed by atoms with Crippen molar-refractivity contribution in [2.75, 3.05) is 18.4 Å². The molecule has 3 amide bonds. The van der Waals surface area contributed by atoms with E-state index in [1.54, 1.807) is 31.2 Å². The second-order valence-electron chi connectivity index (χ2n) is 4.22. The summed E-state index contributed by atoms with van der Waals surface area (Å²) in [6, 6.07) is 6.66. The zero-order chi connectivity index (χ0) is 15.0. The predicted octanol–water partition coefficient (Wildman–Crippen LogP) is 0.901. The molecule has 0 saturated heterocycles. The van der Waals surface area contributed by atoms with Crippen LogP contribution in [-0.4, -0.2) is 30.8 Å². The molecule has 0 bridgehead atoms. The van der Waals surface area contributed by atoms with Crippen molar-refractivity contribution in [3.05, 3.63) is 29.8 Å². The summed E-state index contributed by atoms with van der Waals surface area (Å²) in [7, 11) is 0. The second-order valence-corrected chi connectivity index (χ2v) is 4.22. The van der Waals surface area contributed by atoms with E-state index in [0.29, 0.717) is 30.8 Å². The minimum atomic E-state index is -0.247. The van der Waals surface area contributed by atoms with Gasteiger partial charge in [-0.3, -0.25) is 14.4 Å². The monoisotopic (exact) mass is 277 g/mol. The van der Waals surface area contributed by atoms with Crippen molar-refractivity contribution in [3.8, 4) is 0 Å². The Kier molecular flexibility index (Phi) is 6.22. The molecular weight excluding hydrogens is 258 g/mol. The molecule has 108 valence electrons. The predicted molar refractivity (Wildman–Crippen MR) is 76.4 cm³/mol. The van der Waals surface area contributed by atoms with Gasteiger partial charge in [-0.05, 0) is 18.2 Å². The van der Waals surface area contributed by atoms with Crippen LogP contribution < -0.4 is 16.0 Å². The van der Waals surface area contributed by atoms with E-state index in [4.69, 9.17) is 0 Å². The summed E-state index contributed by atoms with van der Waals surface area (Å²) < 4.78 is 0. The number of carbonyl (C=O) groups excluding carboxylic acids is 3. The van der Waals surface area contributed by atoms with Gasteiger partial charge >= 0.3 is 0 Å². The summed E-state index contributed by atoms with van der Waals surface area (Å²) in [5.41, 5.74) is 1.03. The Morgan fingerprint density at radius 3 is 2.45 bits per heavy atom. The maximum absolute atomic E-state index is 11.9. The average molecular weight is 277 g/mol. The van der Waals surface area contributed by atoms with Crippen LogP contribution in [0.5, 0.6) is 0 Å². The molecule has 1 rings (SSSR count). The van der Waals surface area contributed by atoms with E-state index in [-0.39, 0.29) is 17.7 Å². The highest BCUT2D eigenvalue weighted by atomic mass is 16.2. The standard InChI is InChI=1S/C14H19N3O3/c1-3-13(19)15-7-8-16-14(20)11-5-4-6-12(9-11)17-10(2)18/h4-6,9H,3,7-8H2,1-2H3,(H,15,19)(H,16,20)(H,17,18). The summed E-state index contributed by atoms with van der Waals surface area (Å²) in [5.74, 6) is -0.486. The number of hydrogen-bond donors (Lipinski definition) is 3. The van der Waals surface area contributed by atoms with Crippen LogP contribution in [0, 0.1) is 0 Å². The van der Waals surface area contributed by atoms with Gasteiger partial charge in [-0.15, -0.1) is 0 Å². The van der Waals surface area contributed by atoms with Crippen LogP contribution in [0.4, 0.5) is 5.69 Å². The van der Waals surface area contributed by atoms with Gasteiger partial charge in [0.25, 0.3) is 5.91 Å². The first kappa shape index (κ1) is 15.7. The van der Waals surface area contributed by atoms with Crippen molar-refractivity contribution in [1.29, 1.82) is 0 Å². The lowest BCUT2D eigenvalue weighted by Gasteiger charge is -2.08. The molecule has 0 aliphatic carbocycles. The largest absolute Gasteiger partial charge is 0.354 e. The van der Waals surface area contributed by atoms with Crippen LogP contribution in [0.15, 0.2) is 24.3 Å². The van der Waals surface area contributed by atoms with Gasteiger partial charge < -0.3 is 16.0 Å². The van der Waals surface area contributed by atoms with E-state index < -0.39 is 0 Å². The van der Waals surface area contributed by atoms with E-state index >= 15 is 0 Å². The quantitative estimate of drug-likeness (QED) is 0.675. The number of amides is 3. The third-order valence-electron chi connectivity index (χ3n) is 2.50. The molecule has 0 heterocycles. The minimum Gasteiger partial charge on any atom is -0.354 e. The highest BCUT2D eigenvalue weighted by molar-refractivity contribution is 5.96. The highest BCUT2D eigenvalue weighted by Gasteiger charge is 2.06. The first-order valence-corrected chi connectivity index (χ1v) is 6.45. The maximum Gasteiger partial charge on any atom is 0.251 e. The SMILES string of the molecule is CCC(=O)NCCNC(=O)c1cccc(NC(C)=O)c1. The molecule has 0 radical (unpaired) electrons. The minimum absolute atomic E-state index is 0.0492. The van der Waals surface area contributed by atoms with Crippen molar-refractivity contribution in [2.45, 2.75) is 20.3 Å². The summed E-state index contributed by atoms with van der Waals surface area (Å²) in [6.45, 7) is 3.92. The van der Waals surface area contributed by atoms with Crippen LogP contribution in [0.2, 0.25) is 0 Å². The Hall–Kier alpha value is -2.37. The molecule has 0 unspecified atom stereocenters. The van der Waals surface area contributed by atoms with Crippen LogP contribution in [0.1, 0.15) is 30.6 Å². The lowest BCUT2D eigenvalue weighted by atomic mass is 10.2. The Morgan fingerprint density at radius 2 is 1.80 bits per heavy atom. The van der Waals surface area contributed by atoms with Gasteiger partial charge in [-0.2, -0.15) is 0 Å². The fourth-order valence-corrected chi connectivity index (χ4v) is 1.55. The van der Waals surface area contributed by atoms with Crippen molar-refractivity contribution in [2.24, 2.45) is 0 Å². The Bertz CT molecular complexity index is 500. The van der Waals surface area contributed by atoms with Crippen molar-refractivity contribution in [1.82, 2.24) is 10.6 Å². The highest BCUT2D eigenvalue weighted by Crippen LogP contribution is 2.10. The number of anilines is 1. The molecule has 20 heavy (non-hydrogen) atoms. The van der Waals surface area contributed by atoms with Crippen LogP contribution in [-0.2, 0) is 9.59 Å². The number of hydrogen-bond acceptors (Lipinski definition) is 3. The van der Waals surface area contributed by atoms with Gasteiger partial charge in [0.2, 0.25) is 11.8 Å². The van der Waals surface area contributed by atoms with E-state index in [2.05, 4.69) is 16.0 Å². The molecule has 0 aromatic heterocycles. The normalized spacial score (nSPS) is 9.70. The first-order valence-electron chi connectivity index (χ1n) is 6.45. The zero-order valence-corrected chi connectivity index (χ0v) is 11.7. The Balaban J connectivity index is 2.47. The Morgan fingerprint density at radius 1 is 1.10 bits per heavy atom. The molecule has 1 aromatic carbocycles.